The molecule has 0 heterocycles. The molecule has 0 saturated heterocycles. The molecule has 156 valence electrons. The van der Waals surface area contributed by atoms with E-state index in [1.54, 1.807) is 0 Å². The molecule has 1 amide bonds. The minimum Gasteiger partial charge on any atom is -0.341 e. The third kappa shape index (κ3) is 18.2. The van der Waals surface area contributed by atoms with E-state index in [1.807, 2.05) is 0 Å². The van der Waals surface area contributed by atoms with Crippen molar-refractivity contribution in [3.63, 3.8) is 0 Å². The normalized spacial score (nSPS) is 12.3. The first kappa shape index (κ1) is 25.4. The van der Waals surface area contributed by atoms with Gasteiger partial charge in [-0.05, 0) is 19.4 Å². The Balaban J connectivity index is 3.22. The molecule has 0 aromatic rings. The molecule has 0 fully saturated rings. The second kappa shape index (κ2) is 20.7. The van der Waals surface area contributed by atoms with Crippen molar-refractivity contribution in [1.82, 2.24) is 10.6 Å². The Labute approximate surface area is 164 Å². The van der Waals surface area contributed by atoms with Crippen LogP contribution in [0.4, 0.5) is 0 Å². The molecule has 0 aromatic heterocycles. The Kier molecular flexibility index (Phi) is 20.3. The molecule has 0 bridgehead atoms. The lowest BCUT2D eigenvalue weighted by Crippen LogP contribution is -2.44. The smallest absolute Gasteiger partial charge is 0.221 e. The standard InChI is InChI=1S/C23H48N2O/c1-4-7-8-9-10-11-12-13-14-15-16-17-18-19-20-21-23(26)25-22(5-2)24-6-3/h22,24H,4-21H2,1-3H3,(H,25,26). The Morgan fingerprint density at radius 3 is 1.46 bits per heavy atom. The first-order chi connectivity index (χ1) is 12.7. The van der Waals surface area contributed by atoms with Crippen molar-refractivity contribution in [1.29, 1.82) is 0 Å². The number of hydrogen-bond acceptors (Lipinski definition) is 2. The van der Waals surface area contributed by atoms with Gasteiger partial charge in [0.25, 0.3) is 0 Å². The molecule has 3 nitrogen and oxygen atoms in total. The fourth-order valence-corrected chi connectivity index (χ4v) is 3.47. The van der Waals surface area contributed by atoms with Crippen molar-refractivity contribution in [3.8, 4) is 0 Å². The summed E-state index contributed by atoms with van der Waals surface area (Å²) in [5.74, 6) is 0.201. The molecule has 0 radical (unpaired) electrons. The van der Waals surface area contributed by atoms with E-state index in [0.717, 1.165) is 19.4 Å². The van der Waals surface area contributed by atoms with Crippen molar-refractivity contribution < 1.29 is 4.79 Å². The van der Waals surface area contributed by atoms with Gasteiger partial charge in [0.05, 0.1) is 6.17 Å². The van der Waals surface area contributed by atoms with Gasteiger partial charge in [-0.3, -0.25) is 10.1 Å². The highest BCUT2D eigenvalue weighted by molar-refractivity contribution is 5.76. The summed E-state index contributed by atoms with van der Waals surface area (Å²) in [5.41, 5.74) is 0. The van der Waals surface area contributed by atoms with Gasteiger partial charge in [0.15, 0.2) is 0 Å². The van der Waals surface area contributed by atoms with E-state index in [2.05, 4.69) is 31.4 Å². The van der Waals surface area contributed by atoms with Crippen LogP contribution in [0.15, 0.2) is 0 Å². The Hall–Kier alpha value is -0.570. The lowest BCUT2D eigenvalue weighted by Gasteiger charge is -2.17. The van der Waals surface area contributed by atoms with Crippen LogP contribution in [-0.2, 0) is 4.79 Å². The largest absolute Gasteiger partial charge is 0.341 e. The third-order valence-electron chi connectivity index (χ3n) is 5.20. The molecule has 3 heteroatoms. The molecule has 1 atom stereocenters. The van der Waals surface area contributed by atoms with Gasteiger partial charge in [0, 0.05) is 6.42 Å². The molecule has 0 rings (SSSR count). The van der Waals surface area contributed by atoms with Gasteiger partial charge >= 0.3 is 0 Å². The number of rotatable bonds is 20. The second-order valence-electron chi connectivity index (χ2n) is 7.79. The number of hydrogen-bond donors (Lipinski definition) is 2. The molecule has 0 aliphatic heterocycles. The summed E-state index contributed by atoms with van der Waals surface area (Å²) in [5, 5.41) is 6.35. The fourth-order valence-electron chi connectivity index (χ4n) is 3.47. The van der Waals surface area contributed by atoms with E-state index < -0.39 is 0 Å². The average molecular weight is 369 g/mol. The predicted molar refractivity (Wildman–Crippen MR) is 115 cm³/mol. The Bertz CT molecular complexity index is 294. The van der Waals surface area contributed by atoms with Crippen molar-refractivity contribution in [2.45, 2.75) is 136 Å². The molecule has 0 aromatic carbocycles. The van der Waals surface area contributed by atoms with E-state index in [1.165, 1.54) is 89.9 Å². The van der Waals surface area contributed by atoms with Gasteiger partial charge in [-0.1, -0.05) is 111 Å². The van der Waals surface area contributed by atoms with Crippen LogP contribution in [0.3, 0.4) is 0 Å². The first-order valence-corrected chi connectivity index (χ1v) is 11.8. The summed E-state index contributed by atoms with van der Waals surface area (Å²) in [7, 11) is 0. The van der Waals surface area contributed by atoms with Crippen molar-refractivity contribution in [3.05, 3.63) is 0 Å². The minimum absolute atomic E-state index is 0.142. The van der Waals surface area contributed by atoms with Crippen LogP contribution in [0.2, 0.25) is 0 Å². The van der Waals surface area contributed by atoms with Crippen LogP contribution in [-0.4, -0.2) is 18.6 Å². The van der Waals surface area contributed by atoms with E-state index in [4.69, 9.17) is 0 Å². The van der Waals surface area contributed by atoms with Crippen LogP contribution in [0.25, 0.3) is 0 Å². The van der Waals surface area contributed by atoms with Gasteiger partial charge < -0.3 is 5.32 Å². The second-order valence-corrected chi connectivity index (χ2v) is 7.79. The number of amides is 1. The zero-order valence-electron chi connectivity index (χ0n) is 18.2. The molecule has 1 unspecified atom stereocenters. The lowest BCUT2D eigenvalue weighted by atomic mass is 10.0. The first-order valence-electron chi connectivity index (χ1n) is 11.8. The number of carbonyl (C=O) groups excluding carboxylic acids is 1. The summed E-state index contributed by atoms with van der Waals surface area (Å²) < 4.78 is 0. The maximum Gasteiger partial charge on any atom is 0.221 e. The molecule has 0 aliphatic carbocycles. The molecule has 26 heavy (non-hydrogen) atoms. The number of nitrogens with one attached hydrogen (secondary N) is 2. The summed E-state index contributed by atoms with van der Waals surface area (Å²) in [4.78, 5) is 11.9. The maximum atomic E-state index is 11.9. The summed E-state index contributed by atoms with van der Waals surface area (Å²) >= 11 is 0. The van der Waals surface area contributed by atoms with Gasteiger partial charge in [0.2, 0.25) is 5.91 Å². The molecule has 0 spiro atoms. The maximum absolute atomic E-state index is 11.9. The number of carbonyl (C=O) groups is 1. The third-order valence-corrected chi connectivity index (χ3v) is 5.20. The van der Waals surface area contributed by atoms with E-state index in [0.29, 0.717) is 6.42 Å². The van der Waals surface area contributed by atoms with Crippen LogP contribution < -0.4 is 10.6 Å². The van der Waals surface area contributed by atoms with Gasteiger partial charge in [-0.25, -0.2) is 0 Å². The Morgan fingerprint density at radius 1 is 0.654 bits per heavy atom. The minimum atomic E-state index is 0.142. The highest BCUT2D eigenvalue weighted by Gasteiger charge is 2.07. The van der Waals surface area contributed by atoms with Crippen LogP contribution in [0, 0.1) is 0 Å². The quantitative estimate of drug-likeness (QED) is 0.185. The van der Waals surface area contributed by atoms with Gasteiger partial charge in [0.1, 0.15) is 0 Å². The highest BCUT2D eigenvalue weighted by Crippen LogP contribution is 2.13. The van der Waals surface area contributed by atoms with Gasteiger partial charge in [-0.15, -0.1) is 0 Å². The van der Waals surface area contributed by atoms with Crippen LogP contribution in [0.1, 0.15) is 130 Å². The highest BCUT2D eigenvalue weighted by atomic mass is 16.1. The monoisotopic (exact) mass is 368 g/mol. The van der Waals surface area contributed by atoms with Crippen molar-refractivity contribution in [2.75, 3.05) is 6.54 Å². The molecular weight excluding hydrogens is 320 g/mol. The summed E-state index contributed by atoms with van der Waals surface area (Å²) in [6, 6.07) is 0. The molecule has 0 aliphatic rings. The molecule has 0 saturated carbocycles. The number of unbranched alkanes of at least 4 members (excludes halogenated alkanes) is 14. The van der Waals surface area contributed by atoms with Crippen molar-refractivity contribution >= 4 is 5.91 Å². The molecule has 2 N–H and O–H groups in total. The lowest BCUT2D eigenvalue weighted by molar-refractivity contribution is -0.122. The zero-order chi connectivity index (χ0) is 19.3. The zero-order valence-corrected chi connectivity index (χ0v) is 18.2. The SMILES string of the molecule is CCCCCCCCCCCCCCCCCC(=O)NC(CC)NCC. The Morgan fingerprint density at radius 2 is 1.08 bits per heavy atom. The fraction of sp³-hybridized carbons (Fsp3) is 0.957. The summed E-state index contributed by atoms with van der Waals surface area (Å²) in [6.45, 7) is 7.35. The topological polar surface area (TPSA) is 41.1 Å². The molecular formula is C23H48N2O. The van der Waals surface area contributed by atoms with Crippen molar-refractivity contribution in [2.24, 2.45) is 0 Å². The van der Waals surface area contributed by atoms with E-state index >= 15 is 0 Å². The van der Waals surface area contributed by atoms with Gasteiger partial charge in [-0.2, -0.15) is 0 Å². The predicted octanol–water partition coefficient (Wildman–Crippen LogP) is 6.71. The van der Waals surface area contributed by atoms with Crippen LogP contribution in [0.5, 0.6) is 0 Å². The van der Waals surface area contributed by atoms with Crippen LogP contribution >= 0.6 is 0 Å². The van der Waals surface area contributed by atoms with E-state index in [-0.39, 0.29) is 12.1 Å². The van der Waals surface area contributed by atoms with E-state index in [9.17, 15) is 4.79 Å². The average Bonchev–Trinajstić information content (AvgIpc) is 2.64. The summed E-state index contributed by atoms with van der Waals surface area (Å²) in [6.07, 6.45) is 22.2.